The van der Waals surface area contributed by atoms with Gasteiger partial charge >= 0.3 is 7.12 Å². The van der Waals surface area contributed by atoms with Crippen LogP contribution < -0.4 is 5.73 Å². The van der Waals surface area contributed by atoms with Gasteiger partial charge in [0, 0.05) is 22.8 Å². The average molecular weight is 412 g/mol. The van der Waals surface area contributed by atoms with Gasteiger partial charge in [0.05, 0.1) is 11.2 Å². The number of nitrogen functional groups attached to an aromatic ring is 1. The minimum atomic E-state index is -0.474. The summed E-state index contributed by atoms with van der Waals surface area (Å²) in [5.74, 6) is 0.522. The van der Waals surface area contributed by atoms with E-state index in [4.69, 9.17) is 15.0 Å². The Morgan fingerprint density at radius 3 is 2.38 bits per heavy atom. The number of benzene rings is 1. The summed E-state index contributed by atoms with van der Waals surface area (Å²) in [6, 6.07) is 5.72. The van der Waals surface area contributed by atoms with Gasteiger partial charge in [0.15, 0.2) is 5.12 Å². The predicted octanol–water partition coefficient (Wildman–Crippen LogP) is 4.33. The Morgan fingerprint density at radius 2 is 1.88 bits per heavy atom. The lowest BCUT2D eigenvalue weighted by Gasteiger charge is -2.32. The molecule has 1 heterocycles. The Bertz CT molecular complexity index is 660. The molecule has 1 aromatic rings. The number of halogens is 1. The Hall–Kier alpha value is -0.755. The maximum absolute atomic E-state index is 11.4. The number of thioether (sulfide) groups is 1. The molecule has 2 rings (SSSR count). The van der Waals surface area contributed by atoms with Gasteiger partial charge in [-0.1, -0.05) is 23.9 Å². The second-order valence-corrected chi connectivity index (χ2v) is 8.88. The van der Waals surface area contributed by atoms with E-state index in [2.05, 4.69) is 15.9 Å². The van der Waals surface area contributed by atoms with Crippen molar-refractivity contribution in [3.05, 3.63) is 33.7 Å². The van der Waals surface area contributed by atoms with E-state index in [1.807, 2.05) is 52.0 Å². The van der Waals surface area contributed by atoms with Crippen LogP contribution in [-0.2, 0) is 14.1 Å². The first kappa shape index (κ1) is 19.6. The van der Waals surface area contributed by atoms with Gasteiger partial charge in [-0.2, -0.15) is 0 Å². The highest BCUT2D eigenvalue weighted by atomic mass is 79.9. The van der Waals surface area contributed by atoms with Gasteiger partial charge < -0.3 is 15.0 Å². The summed E-state index contributed by atoms with van der Waals surface area (Å²) in [5, 5.41) is 0.0657. The number of nitrogens with two attached hydrogens (primary N) is 1. The van der Waals surface area contributed by atoms with Gasteiger partial charge in [-0.15, -0.1) is 0 Å². The van der Waals surface area contributed by atoms with Crippen molar-refractivity contribution < 1.29 is 14.1 Å². The molecule has 7 heteroatoms. The fraction of sp³-hybridized carbons (Fsp3) is 0.471. The third-order valence-electron chi connectivity index (χ3n) is 4.37. The average Bonchev–Trinajstić information content (AvgIpc) is 2.67. The molecule has 0 aromatic heterocycles. The molecule has 1 aromatic carbocycles. The van der Waals surface area contributed by atoms with Crippen LogP contribution in [-0.4, -0.2) is 29.2 Å². The van der Waals surface area contributed by atoms with Crippen molar-refractivity contribution in [1.29, 1.82) is 0 Å². The van der Waals surface area contributed by atoms with E-state index in [0.29, 0.717) is 11.4 Å². The Balaban J connectivity index is 2.33. The van der Waals surface area contributed by atoms with Gasteiger partial charge in [-0.3, -0.25) is 4.79 Å². The first-order valence-electron chi connectivity index (χ1n) is 7.76. The monoisotopic (exact) mass is 411 g/mol. The molecule has 2 N–H and O–H groups in total. The van der Waals surface area contributed by atoms with Gasteiger partial charge in [-0.05, 0) is 66.8 Å². The van der Waals surface area contributed by atoms with Crippen LogP contribution in [0.4, 0.5) is 5.69 Å². The van der Waals surface area contributed by atoms with Crippen LogP contribution in [0.2, 0.25) is 0 Å². The molecule has 4 nitrogen and oxygen atoms in total. The molecule has 0 radical (unpaired) electrons. The van der Waals surface area contributed by atoms with Crippen molar-refractivity contribution in [3.8, 4) is 0 Å². The van der Waals surface area contributed by atoms with Crippen LogP contribution >= 0.6 is 27.7 Å². The topological polar surface area (TPSA) is 61.6 Å². The molecular weight excluding hydrogens is 389 g/mol. The summed E-state index contributed by atoms with van der Waals surface area (Å²) in [7, 11) is -0.474. The summed E-state index contributed by atoms with van der Waals surface area (Å²) < 4.78 is 13.1. The second-order valence-electron chi connectivity index (χ2n) is 6.87. The highest BCUT2D eigenvalue weighted by Crippen LogP contribution is 2.39. The van der Waals surface area contributed by atoms with Crippen LogP contribution in [0, 0.1) is 0 Å². The van der Waals surface area contributed by atoms with E-state index >= 15 is 0 Å². The molecule has 0 bridgehead atoms. The quantitative estimate of drug-likeness (QED) is 0.590. The number of carbonyl (C=O) groups is 1. The molecule has 1 aliphatic rings. The third-order valence-corrected chi connectivity index (χ3v) is 5.95. The largest absolute Gasteiger partial charge is 0.491 e. The van der Waals surface area contributed by atoms with Crippen molar-refractivity contribution in [1.82, 2.24) is 0 Å². The van der Waals surface area contributed by atoms with E-state index < -0.39 is 18.3 Å². The third kappa shape index (κ3) is 4.45. The molecular formula is C17H23BBrNO3S. The molecule has 0 spiro atoms. The zero-order valence-corrected chi connectivity index (χ0v) is 17.1. The summed E-state index contributed by atoms with van der Waals surface area (Å²) in [6.07, 6.45) is 2.00. The highest BCUT2D eigenvalue weighted by Gasteiger charge is 2.52. The predicted molar refractivity (Wildman–Crippen MR) is 106 cm³/mol. The SMILES string of the molecule is CC(=O)SCC(=Cc1ccc(N)c(Br)c1)B1OC(C)(C)C(C)(C)O1. The van der Waals surface area contributed by atoms with Crippen LogP contribution in [0.5, 0.6) is 0 Å². The van der Waals surface area contributed by atoms with Crippen molar-refractivity contribution in [2.75, 3.05) is 11.5 Å². The molecule has 0 saturated carbocycles. The van der Waals surface area contributed by atoms with Gasteiger partial charge in [0.2, 0.25) is 0 Å². The van der Waals surface area contributed by atoms with Gasteiger partial charge in [0.25, 0.3) is 0 Å². The fourth-order valence-corrected chi connectivity index (χ4v) is 3.19. The van der Waals surface area contributed by atoms with E-state index in [1.165, 1.54) is 11.8 Å². The number of carbonyl (C=O) groups excluding carboxylic acids is 1. The lowest BCUT2D eigenvalue weighted by molar-refractivity contribution is -0.109. The first-order chi connectivity index (χ1) is 11.0. The molecule has 0 aliphatic carbocycles. The number of hydrogen-bond acceptors (Lipinski definition) is 5. The maximum atomic E-state index is 11.4. The maximum Gasteiger partial charge on any atom is 0.491 e. The summed E-state index contributed by atoms with van der Waals surface area (Å²) in [5.41, 5.74) is 7.59. The molecule has 1 aliphatic heterocycles. The highest BCUT2D eigenvalue weighted by molar-refractivity contribution is 9.10. The summed E-state index contributed by atoms with van der Waals surface area (Å²) in [6.45, 7) is 9.63. The van der Waals surface area contributed by atoms with Crippen molar-refractivity contribution in [3.63, 3.8) is 0 Å². The Morgan fingerprint density at radius 1 is 1.29 bits per heavy atom. The van der Waals surface area contributed by atoms with Crippen molar-refractivity contribution >= 4 is 51.7 Å². The lowest BCUT2D eigenvalue weighted by atomic mass is 9.78. The lowest BCUT2D eigenvalue weighted by Crippen LogP contribution is -2.41. The standard InChI is InChI=1S/C17H23BBrNO3S/c1-11(21)24-10-13(8-12-6-7-15(20)14(19)9-12)18-22-16(2,3)17(4,5)23-18/h6-9H,10,20H2,1-5H3. The molecule has 130 valence electrons. The van der Waals surface area contributed by atoms with E-state index in [0.717, 1.165) is 15.5 Å². The van der Waals surface area contributed by atoms with Crippen molar-refractivity contribution in [2.24, 2.45) is 0 Å². The zero-order valence-electron chi connectivity index (χ0n) is 14.7. The second kappa shape index (κ2) is 7.24. The van der Waals surface area contributed by atoms with Crippen LogP contribution in [0.1, 0.15) is 40.2 Å². The molecule has 24 heavy (non-hydrogen) atoms. The van der Waals surface area contributed by atoms with Crippen molar-refractivity contribution in [2.45, 2.75) is 45.8 Å². The molecule has 0 atom stereocenters. The molecule has 0 unspecified atom stereocenters. The summed E-state index contributed by atoms with van der Waals surface area (Å²) in [4.78, 5) is 11.4. The smallest absolute Gasteiger partial charge is 0.400 e. The number of rotatable bonds is 4. The van der Waals surface area contributed by atoms with E-state index in [-0.39, 0.29) is 5.12 Å². The molecule has 1 saturated heterocycles. The van der Waals surface area contributed by atoms with E-state index in [1.54, 1.807) is 6.92 Å². The van der Waals surface area contributed by atoms with Gasteiger partial charge in [-0.25, -0.2) is 0 Å². The first-order valence-corrected chi connectivity index (χ1v) is 9.54. The molecule has 1 fully saturated rings. The minimum Gasteiger partial charge on any atom is -0.400 e. The molecule has 0 amide bonds. The zero-order chi connectivity index (χ0) is 18.1. The van der Waals surface area contributed by atoms with Crippen LogP contribution in [0.3, 0.4) is 0 Å². The Labute approximate surface area is 156 Å². The number of anilines is 1. The van der Waals surface area contributed by atoms with E-state index in [9.17, 15) is 4.79 Å². The fourth-order valence-electron chi connectivity index (χ4n) is 2.20. The van der Waals surface area contributed by atoms with Crippen LogP contribution in [0.15, 0.2) is 28.1 Å². The summed E-state index contributed by atoms with van der Waals surface area (Å²) >= 11 is 4.69. The van der Waals surface area contributed by atoms with Gasteiger partial charge in [0.1, 0.15) is 0 Å². The van der Waals surface area contributed by atoms with Crippen LogP contribution in [0.25, 0.3) is 6.08 Å². The Kier molecular flexibility index (Phi) is 5.90. The normalized spacial score (nSPS) is 19.6. The number of hydrogen-bond donors (Lipinski definition) is 1. The minimum absolute atomic E-state index is 0.0657.